The molecule has 2 heterocycles. The van der Waals surface area contributed by atoms with E-state index < -0.39 is 0 Å². The molecule has 0 aromatic carbocycles. The molecule has 1 aliphatic heterocycles. The van der Waals surface area contributed by atoms with Crippen LogP contribution in [0.2, 0.25) is 0 Å². The van der Waals surface area contributed by atoms with E-state index in [1.807, 2.05) is 13.8 Å². The van der Waals surface area contributed by atoms with Crippen LogP contribution in [0, 0.1) is 0 Å². The van der Waals surface area contributed by atoms with Gasteiger partial charge in [0.25, 0.3) is 5.91 Å². The number of hydrogen-bond acceptors (Lipinski definition) is 2. The minimum atomic E-state index is -0.0295. The summed E-state index contributed by atoms with van der Waals surface area (Å²) in [5, 5.41) is 6.97. The molecular formula is C8H11N3O. The number of rotatable bonds is 0. The van der Waals surface area contributed by atoms with Crippen molar-refractivity contribution in [3.8, 4) is 0 Å². The van der Waals surface area contributed by atoms with Gasteiger partial charge in [0.15, 0.2) is 0 Å². The summed E-state index contributed by atoms with van der Waals surface area (Å²) in [6, 6.07) is 2.13. The average Bonchev–Trinajstić information content (AvgIpc) is 2.48. The SMILES string of the molecule is CC1NC(=O)c2ccnn2C1C. The summed E-state index contributed by atoms with van der Waals surface area (Å²) in [6.07, 6.45) is 1.66. The second-order valence-electron chi connectivity index (χ2n) is 3.16. The summed E-state index contributed by atoms with van der Waals surface area (Å²) >= 11 is 0. The lowest BCUT2D eigenvalue weighted by Gasteiger charge is -2.27. The molecule has 0 radical (unpaired) electrons. The molecule has 0 aliphatic carbocycles. The third-order valence-electron chi connectivity index (χ3n) is 2.37. The largest absolute Gasteiger partial charge is 0.346 e. The van der Waals surface area contributed by atoms with Crippen molar-refractivity contribution >= 4 is 5.91 Å². The molecule has 64 valence electrons. The smallest absolute Gasteiger partial charge is 0.269 e. The second kappa shape index (κ2) is 2.33. The van der Waals surface area contributed by atoms with Gasteiger partial charge in [-0.2, -0.15) is 5.10 Å². The average molecular weight is 165 g/mol. The molecule has 0 spiro atoms. The normalized spacial score (nSPS) is 28.0. The van der Waals surface area contributed by atoms with E-state index >= 15 is 0 Å². The minimum absolute atomic E-state index is 0.0295. The topological polar surface area (TPSA) is 46.9 Å². The lowest BCUT2D eigenvalue weighted by Crippen LogP contribution is -2.45. The lowest BCUT2D eigenvalue weighted by molar-refractivity contribution is 0.0882. The van der Waals surface area contributed by atoms with Crippen LogP contribution in [0.3, 0.4) is 0 Å². The van der Waals surface area contributed by atoms with Crippen LogP contribution in [0.4, 0.5) is 0 Å². The van der Waals surface area contributed by atoms with Gasteiger partial charge in [-0.05, 0) is 19.9 Å². The summed E-state index contributed by atoms with van der Waals surface area (Å²) in [7, 11) is 0. The highest BCUT2D eigenvalue weighted by atomic mass is 16.2. The molecule has 1 aromatic heterocycles. The Balaban J connectivity index is 2.49. The molecule has 0 fully saturated rings. The number of nitrogens with one attached hydrogen (secondary N) is 1. The third kappa shape index (κ3) is 0.841. The fraction of sp³-hybridized carbons (Fsp3) is 0.500. The monoisotopic (exact) mass is 165 g/mol. The van der Waals surface area contributed by atoms with Gasteiger partial charge in [-0.3, -0.25) is 9.48 Å². The Morgan fingerprint density at radius 1 is 1.58 bits per heavy atom. The maximum Gasteiger partial charge on any atom is 0.269 e. The zero-order valence-electron chi connectivity index (χ0n) is 7.11. The molecule has 0 saturated heterocycles. The summed E-state index contributed by atoms with van der Waals surface area (Å²) in [5.41, 5.74) is 0.653. The Hall–Kier alpha value is -1.32. The summed E-state index contributed by atoms with van der Waals surface area (Å²) < 4.78 is 1.77. The molecule has 1 aromatic rings. The number of aromatic nitrogens is 2. The highest BCUT2D eigenvalue weighted by Gasteiger charge is 2.27. The number of fused-ring (bicyclic) bond motifs is 1. The van der Waals surface area contributed by atoms with Crippen LogP contribution in [-0.4, -0.2) is 21.7 Å². The Bertz CT molecular complexity index is 318. The van der Waals surface area contributed by atoms with Crippen molar-refractivity contribution in [1.82, 2.24) is 15.1 Å². The van der Waals surface area contributed by atoms with Gasteiger partial charge in [0.2, 0.25) is 0 Å². The maximum atomic E-state index is 11.3. The van der Waals surface area contributed by atoms with Gasteiger partial charge in [0.05, 0.1) is 6.04 Å². The summed E-state index contributed by atoms with van der Waals surface area (Å²) in [5.74, 6) is -0.0295. The maximum absolute atomic E-state index is 11.3. The number of nitrogens with zero attached hydrogens (tertiary/aromatic N) is 2. The van der Waals surface area contributed by atoms with Crippen LogP contribution in [0.5, 0.6) is 0 Å². The Morgan fingerprint density at radius 3 is 3.08 bits per heavy atom. The standard InChI is InChI=1S/C8H11N3O/c1-5-6(2)11-7(3-4-9-11)8(12)10-5/h3-6H,1-2H3,(H,10,12). The van der Waals surface area contributed by atoms with Crippen molar-refractivity contribution < 1.29 is 4.79 Å². The van der Waals surface area contributed by atoms with Crippen molar-refractivity contribution in [1.29, 1.82) is 0 Å². The quantitative estimate of drug-likeness (QED) is 0.611. The van der Waals surface area contributed by atoms with Gasteiger partial charge in [0.1, 0.15) is 5.69 Å². The fourth-order valence-corrected chi connectivity index (χ4v) is 1.43. The Kier molecular flexibility index (Phi) is 1.43. The zero-order chi connectivity index (χ0) is 8.72. The van der Waals surface area contributed by atoms with Crippen LogP contribution >= 0.6 is 0 Å². The Morgan fingerprint density at radius 2 is 2.33 bits per heavy atom. The molecular weight excluding hydrogens is 154 g/mol. The number of carbonyl (C=O) groups is 1. The van der Waals surface area contributed by atoms with Crippen LogP contribution in [-0.2, 0) is 0 Å². The number of hydrogen-bond donors (Lipinski definition) is 1. The second-order valence-corrected chi connectivity index (χ2v) is 3.16. The Labute approximate surface area is 70.6 Å². The molecule has 2 rings (SSSR count). The van der Waals surface area contributed by atoms with Crippen molar-refractivity contribution in [2.24, 2.45) is 0 Å². The first-order valence-electron chi connectivity index (χ1n) is 4.04. The molecule has 2 atom stereocenters. The van der Waals surface area contributed by atoms with Crippen LogP contribution in [0.25, 0.3) is 0 Å². The third-order valence-corrected chi connectivity index (χ3v) is 2.37. The van der Waals surface area contributed by atoms with Crippen LogP contribution in [0.1, 0.15) is 30.4 Å². The molecule has 1 aliphatic rings. The van der Waals surface area contributed by atoms with E-state index in [1.54, 1.807) is 16.9 Å². The van der Waals surface area contributed by atoms with Crippen molar-refractivity contribution in [2.45, 2.75) is 25.9 Å². The van der Waals surface area contributed by atoms with E-state index in [-0.39, 0.29) is 18.0 Å². The van der Waals surface area contributed by atoms with Crippen molar-refractivity contribution in [2.75, 3.05) is 0 Å². The van der Waals surface area contributed by atoms with E-state index in [0.717, 1.165) is 0 Å². The molecule has 1 N–H and O–H groups in total. The first kappa shape index (κ1) is 7.34. The van der Waals surface area contributed by atoms with E-state index in [9.17, 15) is 4.79 Å². The first-order valence-corrected chi connectivity index (χ1v) is 4.04. The number of carbonyl (C=O) groups excluding carboxylic acids is 1. The van der Waals surface area contributed by atoms with E-state index in [0.29, 0.717) is 5.69 Å². The molecule has 0 bridgehead atoms. The molecule has 1 amide bonds. The van der Waals surface area contributed by atoms with E-state index in [2.05, 4.69) is 10.4 Å². The van der Waals surface area contributed by atoms with Gasteiger partial charge in [-0.15, -0.1) is 0 Å². The van der Waals surface area contributed by atoms with Gasteiger partial charge in [-0.1, -0.05) is 0 Å². The van der Waals surface area contributed by atoms with Gasteiger partial charge < -0.3 is 5.32 Å². The van der Waals surface area contributed by atoms with Crippen molar-refractivity contribution in [3.63, 3.8) is 0 Å². The molecule has 4 nitrogen and oxygen atoms in total. The fourth-order valence-electron chi connectivity index (χ4n) is 1.43. The highest BCUT2D eigenvalue weighted by Crippen LogP contribution is 2.17. The number of amides is 1. The highest BCUT2D eigenvalue weighted by molar-refractivity contribution is 5.93. The zero-order valence-corrected chi connectivity index (χ0v) is 7.11. The van der Waals surface area contributed by atoms with E-state index in [4.69, 9.17) is 0 Å². The summed E-state index contributed by atoms with van der Waals surface area (Å²) in [6.45, 7) is 4.02. The minimum Gasteiger partial charge on any atom is -0.346 e. The molecule has 2 unspecified atom stereocenters. The summed E-state index contributed by atoms with van der Waals surface area (Å²) in [4.78, 5) is 11.3. The molecule has 4 heteroatoms. The van der Waals surface area contributed by atoms with E-state index in [1.165, 1.54) is 0 Å². The van der Waals surface area contributed by atoms with Gasteiger partial charge in [0, 0.05) is 12.2 Å². The lowest BCUT2D eigenvalue weighted by atomic mass is 10.1. The first-order chi connectivity index (χ1) is 5.70. The predicted molar refractivity (Wildman–Crippen MR) is 43.9 cm³/mol. The predicted octanol–water partition coefficient (Wildman–Crippen LogP) is 0.576. The van der Waals surface area contributed by atoms with Crippen LogP contribution in [0.15, 0.2) is 12.3 Å². The van der Waals surface area contributed by atoms with Gasteiger partial charge >= 0.3 is 0 Å². The molecule has 12 heavy (non-hydrogen) atoms. The van der Waals surface area contributed by atoms with Crippen molar-refractivity contribution in [3.05, 3.63) is 18.0 Å². The van der Waals surface area contributed by atoms with Gasteiger partial charge in [-0.25, -0.2) is 0 Å². The van der Waals surface area contributed by atoms with Crippen LogP contribution < -0.4 is 5.32 Å². The molecule has 0 saturated carbocycles.